The van der Waals surface area contributed by atoms with E-state index in [1.54, 1.807) is 31.2 Å². The Hall–Kier alpha value is -3.57. The zero-order valence-electron chi connectivity index (χ0n) is 16.9. The highest BCUT2D eigenvalue weighted by atomic mass is 19.1. The molecule has 0 unspecified atom stereocenters. The Bertz CT molecular complexity index is 1230. The SMILES string of the molecule is Cc1cccc(Nc2ncnc3cc(C#CC4(C)CN(C)C4)c([N+](=O)[O-])cc23)c1F. The fraction of sp³-hybridized carbons (Fsp3) is 0.273. The molecule has 0 radical (unpaired) electrons. The van der Waals surface area contributed by atoms with Gasteiger partial charge in [-0.1, -0.05) is 24.0 Å². The number of hydrogen-bond donors (Lipinski definition) is 1. The average Bonchev–Trinajstić information content (AvgIpc) is 2.68. The minimum atomic E-state index is -0.470. The monoisotopic (exact) mass is 405 g/mol. The lowest BCUT2D eigenvalue weighted by molar-refractivity contribution is -0.385. The summed E-state index contributed by atoms with van der Waals surface area (Å²) in [7, 11) is 2.00. The summed E-state index contributed by atoms with van der Waals surface area (Å²) in [6.45, 7) is 5.33. The largest absolute Gasteiger partial charge is 0.337 e. The predicted octanol–water partition coefficient (Wildman–Crippen LogP) is 4.03. The number of anilines is 2. The number of nitrogens with zero attached hydrogens (tertiary/aromatic N) is 4. The molecule has 2 aromatic carbocycles. The maximum atomic E-state index is 14.4. The van der Waals surface area contributed by atoms with Crippen LogP contribution in [-0.2, 0) is 0 Å². The van der Waals surface area contributed by atoms with E-state index in [9.17, 15) is 14.5 Å². The van der Waals surface area contributed by atoms with Crippen molar-refractivity contribution in [1.29, 1.82) is 0 Å². The van der Waals surface area contributed by atoms with Crippen molar-refractivity contribution in [2.24, 2.45) is 5.41 Å². The van der Waals surface area contributed by atoms with Crippen LogP contribution in [0.1, 0.15) is 18.1 Å². The first kappa shape index (κ1) is 19.7. The third-order valence-electron chi connectivity index (χ3n) is 5.13. The number of nitro groups is 1. The molecule has 1 aliphatic heterocycles. The van der Waals surface area contributed by atoms with Crippen molar-refractivity contribution in [2.45, 2.75) is 13.8 Å². The van der Waals surface area contributed by atoms with Crippen LogP contribution in [0.2, 0.25) is 0 Å². The number of aromatic nitrogens is 2. The Morgan fingerprint density at radius 3 is 2.77 bits per heavy atom. The minimum Gasteiger partial charge on any atom is -0.337 e. The van der Waals surface area contributed by atoms with Crippen molar-refractivity contribution in [1.82, 2.24) is 14.9 Å². The van der Waals surface area contributed by atoms with E-state index in [1.807, 2.05) is 14.0 Å². The molecule has 0 bridgehead atoms. The molecule has 0 saturated carbocycles. The highest BCUT2D eigenvalue weighted by molar-refractivity contribution is 5.93. The first-order valence-corrected chi connectivity index (χ1v) is 9.43. The van der Waals surface area contributed by atoms with Gasteiger partial charge in [0, 0.05) is 24.5 Å². The minimum absolute atomic E-state index is 0.131. The summed E-state index contributed by atoms with van der Waals surface area (Å²) in [5, 5.41) is 15.1. The van der Waals surface area contributed by atoms with Gasteiger partial charge in [-0.25, -0.2) is 14.4 Å². The number of hydrogen-bond acceptors (Lipinski definition) is 6. The average molecular weight is 405 g/mol. The summed E-state index contributed by atoms with van der Waals surface area (Å²) in [6.07, 6.45) is 1.34. The van der Waals surface area contributed by atoms with Crippen molar-refractivity contribution in [3.05, 3.63) is 63.7 Å². The van der Waals surface area contributed by atoms with Gasteiger partial charge in [-0.3, -0.25) is 10.1 Å². The quantitative estimate of drug-likeness (QED) is 0.402. The summed E-state index contributed by atoms with van der Waals surface area (Å²) in [6, 6.07) is 7.95. The van der Waals surface area contributed by atoms with Gasteiger partial charge in [0.2, 0.25) is 0 Å². The van der Waals surface area contributed by atoms with E-state index in [-0.39, 0.29) is 16.8 Å². The zero-order valence-corrected chi connectivity index (χ0v) is 16.9. The van der Waals surface area contributed by atoms with Gasteiger partial charge in [0.05, 0.1) is 21.5 Å². The van der Waals surface area contributed by atoms with Crippen molar-refractivity contribution in [3.63, 3.8) is 0 Å². The number of benzene rings is 2. The van der Waals surface area contributed by atoms with Crippen LogP contribution in [-0.4, -0.2) is 39.9 Å². The van der Waals surface area contributed by atoms with Gasteiger partial charge >= 0.3 is 0 Å². The van der Waals surface area contributed by atoms with Crippen LogP contribution in [0.3, 0.4) is 0 Å². The van der Waals surface area contributed by atoms with Crippen molar-refractivity contribution >= 4 is 28.1 Å². The fourth-order valence-electron chi connectivity index (χ4n) is 3.76. The summed E-state index contributed by atoms with van der Waals surface area (Å²) < 4.78 is 14.4. The predicted molar refractivity (Wildman–Crippen MR) is 113 cm³/mol. The van der Waals surface area contributed by atoms with Crippen LogP contribution < -0.4 is 5.32 Å². The lowest BCUT2D eigenvalue weighted by atomic mass is 9.83. The first-order valence-electron chi connectivity index (χ1n) is 9.43. The number of aryl methyl sites for hydroxylation is 1. The lowest BCUT2D eigenvalue weighted by Gasteiger charge is -2.42. The molecule has 1 saturated heterocycles. The smallest absolute Gasteiger partial charge is 0.285 e. The third-order valence-corrected chi connectivity index (χ3v) is 5.13. The lowest BCUT2D eigenvalue weighted by Crippen LogP contribution is -2.51. The van der Waals surface area contributed by atoms with E-state index in [1.165, 1.54) is 12.4 Å². The molecule has 0 amide bonds. The van der Waals surface area contributed by atoms with Gasteiger partial charge in [-0.05, 0) is 38.6 Å². The van der Waals surface area contributed by atoms with Crippen LogP contribution in [0.15, 0.2) is 36.7 Å². The molecule has 2 heterocycles. The van der Waals surface area contributed by atoms with Crippen molar-refractivity contribution in [2.75, 3.05) is 25.5 Å². The van der Waals surface area contributed by atoms with Crippen molar-refractivity contribution < 1.29 is 9.31 Å². The van der Waals surface area contributed by atoms with Gasteiger partial charge in [0.15, 0.2) is 0 Å². The van der Waals surface area contributed by atoms with E-state index >= 15 is 0 Å². The molecular weight excluding hydrogens is 385 g/mol. The second kappa shape index (κ2) is 7.35. The maximum Gasteiger partial charge on any atom is 0.285 e. The molecular formula is C22H20FN5O2. The van der Waals surface area contributed by atoms with Gasteiger partial charge in [-0.15, -0.1) is 0 Å². The summed E-state index contributed by atoms with van der Waals surface area (Å²) in [5.41, 5.74) is 1.20. The van der Waals surface area contributed by atoms with Gasteiger partial charge in [-0.2, -0.15) is 0 Å². The molecule has 1 aromatic heterocycles. The highest BCUT2D eigenvalue weighted by Crippen LogP contribution is 2.32. The van der Waals surface area contributed by atoms with Crippen molar-refractivity contribution in [3.8, 4) is 11.8 Å². The Balaban J connectivity index is 1.78. The van der Waals surface area contributed by atoms with E-state index in [2.05, 4.69) is 32.0 Å². The molecule has 1 aliphatic rings. The standard InChI is InChI=1S/C22H20FN5O2/c1-14-5-4-6-17(20(14)23)26-21-16-10-19(28(29)30)15(9-18(16)24-13-25-21)7-8-22(2)11-27(3)12-22/h4-6,9-10,13H,11-12H2,1-3H3,(H,24,25,26). The number of nitrogens with one attached hydrogen (secondary N) is 1. The molecule has 4 rings (SSSR count). The number of fused-ring (bicyclic) bond motifs is 1. The zero-order chi connectivity index (χ0) is 21.5. The number of rotatable bonds is 3. The molecule has 8 heteroatoms. The molecule has 152 valence electrons. The van der Waals surface area contributed by atoms with E-state index in [0.29, 0.717) is 27.8 Å². The molecule has 30 heavy (non-hydrogen) atoms. The second-order valence-corrected chi connectivity index (χ2v) is 7.91. The molecule has 3 aromatic rings. The normalized spacial score (nSPS) is 15.2. The Kier molecular flexibility index (Phi) is 4.84. The molecule has 0 aliphatic carbocycles. The Morgan fingerprint density at radius 1 is 1.30 bits per heavy atom. The third kappa shape index (κ3) is 3.67. The summed E-state index contributed by atoms with van der Waals surface area (Å²) in [5.74, 6) is 6.03. The second-order valence-electron chi connectivity index (χ2n) is 7.91. The highest BCUT2D eigenvalue weighted by Gasteiger charge is 2.34. The van der Waals surface area contributed by atoms with Crippen LogP contribution in [0.5, 0.6) is 0 Å². The summed E-state index contributed by atoms with van der Waals surface area (Å²) in [4.78, 5) is 21.8. The number of nitro benzene ring substituents is 1. The first-order chi connectivity index (χ1) is 14.3. The molecule has 7 nitrogen and oxygen atoms in total. The summed E-state index contributed by atoms with van der Waals surface area (Å²) >= 11 is 0. The van der Waals surface area contributed by atoms with Crippen LogP contribution in [0.25, 0.3) is 10.9 Å². The fourth-order valence-corrected chi connectivity index (χ4v) is 3.76. The maximum absolute atomic E-state index is 14.4. The van der Waals surface area contributed by atoms with E-state index in [0.717, 1.165) is 13.1 Å². The van der Waals surface area contributed by atoms with Crippen LogP contribution in [0.4, 0.5) is 21.6 Å². The Labute approximate surface area is 173 Å². The molecule has 1 fully saturated rings. The van der Waals surface area contributed by atoms with E-state index in [4.69, 9.17) is 0 Å². The molecule has 1 N–H and O–H groups in total. The van der Waals surface area contributed by atoms with Crippen LogP contribution in [0, 0.1) is 40.1 Å². The topological polar surface area (TPSA) is 84.2 Å². The van der Waals surface area contributed by atoms with E-state index < -0.39 is 10.7 Å². The van der Waals surface area contributed by atoms with Gasteiger partial charge in [0.25, 0.3) is 5.69 Å². The molecule has 0 spiro atoms. The Morgan fingerprint density at radius 2 is 2.07 bits per heavy atom. The number of halogens is 1. The van der Waals surface area contributed by atoms with Gasteiger partial charge < -0.3 is 10.2 Å². The van der Waals surface area contributed by atoms with Gasteiger partial charge in [0.1, 0.15) is 23.5 Å². The number of likely N-dealkylation sites (tertiary alicyclic amines) is 1. The molecule has 0 atom stereocenters. The van der Waals surface area contributed by atoms with Crippen LogP contribution >= 0.6 is 0 Å².